The van der Waals surface area contributed by atoms with Crippen molar-refractivity contribution in [2.75, 3.05) is 33.7 Å². The molecule has 0 aromatic rings. The second kappa shape index (κ2) is 5.55. The van der Waals surface area contributed by atoms with E-state index in [1.165, 1.54) is 26.1 Å². The van der Waals surface area contributed by atoms with Gasteiger partial charge in [0.25, 0.3) is 0 Å². The minimum atomic E-state index is 0.601. The molecule has 0 aliphatic carbocycles. The monoisotopic (exact) mass is 172 g/mol. The predicted octanol–water partition coefficient (Wildman–Crippen LogP) is 1.57. The molecule has 1 N–H and O–H groups in total. The van der Waals surface area contributed by atoms with E-state index in [-0.39, 0.29) is 0 Å². The third-order valence-electron chi connectivity index (χ3n) is 2.40. The van der Waals surface area contributed by atoms with Gasteiger partial charge in [0.05, 0.1) is 0 Å². The van der Waals surface area contributed by atoms with E-state index in [2.05, 4.69) is 31.2 Å². The molecule has 0 atom stereocenters. The number of hydrogen-bond donors (Lipinski definition) is 1. The van der Waals surface area contributed by atoms with Gasteiger partial charge in [0.1, 0.15) is 0 Å². The quantitative estimate of drug-likeness (QED) is 0.695. The molecule has 12 heavy (non-hydrogen) atoms. The highest BCUT2D eigenvalue weighted by Gasteiger charge is 2.34. The van der Waals surface area contributed by atoms with Gasteiger partial charge in [-0.1, -0.05) is 20.8 Å². The maximum atomic E-state index is 3.33. The molecule has 74 valence electrons. The van der Waals surface area contributed by atoms with Crippen LogP contribution in [0.15, 0.2) is 0 Å². The summed E-state index contributed by atoms with van der Waals surface area (Å²) >= 11 is 0. The Labute approximate surface area is 77.3 Å². The van der Waals surface area contributed by atoms with Crippen LogP contribution in [0.1, 0.15) is 27.2 Å². The number of nitrogens with one attached hydrogen (secondary N) is 1. The summed E-state index contributed by atoms with van der Waals surface area (Å²) in [4.78, 5) is 2.28. The van der Waals surface area contributed by atoms with Crippen LogP contribution < -0.4 is 5.32 Å². The Morgan fingerprint density at radius 2 is 1.75 bits per heavy atom. The van der Waals surface area contributed by atoms with Crippen LogP contribution in [0.25, 0.3) is 0 Å². The molecule has 1 saturated heterocycles. The van der Waals surface area contributed by atoms with E-state index >= 15 is 0 Å². The lowest BCUT2D eigenvalue weighted by molar-refractivity contribution is 0.112. The van der Waals surface area contributed by atoms with E-state index in [0.717, 1.165) is 0 Å². The summed E-state index contributed by atoms with van der Waals surface area (Å²) in [6.45, 7) is 9.93. The van der Waals surface area contributed by atoms with Crippen LogP contribution in [0.4, 0.5) is 0 Å². The third-order valence-corrected chi connectivity index (χ3v) is 2.40. The van der Waals surface area contributed by atoms with Gasteiger partial charge in [-0.15, -0.1) is 0 Å². The second-order valence-electron chi connectivity index (χ2n) is 3.69. The van der Waals surface area contributed by atoms with Crippen LogP contribution in [0.2, 0.25) is 0 Å². The summed E-state index contributed by atoms with van der Waals surface area (Å²) < 4.78 is 0. The van der Waals surface area contributed by atoms with Crippen molar-refractivity contribution in [2.24, 2.45) is 5.41 Å². The smallest absolute Gasteiger partial charge is 0.00769 e. The van der Waals surface area contributed by atoms with Crippen molar-refractivity contribution in [1.29, 1.82) is 0 Å². The Hall–Kier alpha value is -0.0800. The van der Waals surface area contributed by atoms with Gasteiger partial charge >= 0.3 is 0 Å². The molecule has 0 radical (unpaired) electrons. The van der Waals surface area contributed by atoms with Crippen LogP contribution in [0, 0.1) is 5.41 Å². The van der Waals surface area contributed by atoms with Crippen LogP contribution in [-0.2, 0) is 0 Å². The summed E-state index contributed by atoms with van der Waals surface area (Å²) in [7, 11) is 4.30. The zero-order valence-corrected chi connectivity index (χ0v) is 9.28. The minimum absolute atomic E-state index is 0.601. The fourth-order valence-corrected chi connectivity index (χ4v) is 1.62. The van der Waals surface area contributed by atoms with Gasteiger partial charge in [-0.25, -0.2) is 0 Å². The lowest BCUT2D eigenvalue weighted by atomic mass is 9.79. The van der Waals surface area contributed by atoms with Crippen molar-refractivity contribution >= 4 is 0 Å². The Morgan fingerprint density at radius 3 is 1.83 bits per heavy atom. The summed E-state index contributed by atoms with van der Waals surface area (Å²) in [5, 5.41) is 3.33. The molecule has 1 fully saturated rings. The summed E-state index contributed by atoms with van der Waals surface area (Å²) in [6.07, 6.45) is 1.30. The Bertz CT molecular complexity index is 101. The first-order valence-electron chi connectivity index (χ1n) is 5.04. The van der Waals surface area contributed by atoms with E-state index in [1.54, 1.807) is 0 Å². The maximum Gasteiger partial charge on any atom is 0.00769 e. The largest absolute Gasteiger partial charge is 0.315 e. The fraction of sp³-hybridized carbons (Fsp3) is 1.00. The molecule has 1 heterocycles. The summed E-state index contributed by atoms with van der Waals surface area (Å²) in [5.74, 6) is 0. The molecular weight excluding hydrogens is 148 g/mol. The third kappa shape index (κ3) is 3.11. The standard InChI is InChI=1S/C8H18N2.C2H6/c1-4-8(5-9-6-8)7-10(2)3;1-2/h9H,4-7H2,1-3H3;1-2H3. The van der Waals surface area contributed by atoms with E-state index < -0.39 is 0 Å². The fourth-order valence-electron chi connectivity index (χ4n) is 1.62. The van der Waals surface area contributed by atoms with Crippen molar-refractivity contribution < 1.29 is 0 Å². The number of hydrogen-bond acceptors (Lipinski definition) is 2. The van der Waals surface area contributed by atoms with Gasteiger partial charge in [-0.2, -0.15) is 0 Å². The van der Waals surface area contributed by atoms with Crippen LogP contribution in [0.3, 0.4) is 0 Å². The number of rotatable bonds is 3. The maximum absolute atomic E-state index is 3.33. The SMILES string of the molecule is CC.CCC1(CN(C)C)CNC1. The molecule has 0 unspecified atom stereocenters. The first kappa shape index (κ1) is 11.9. The first-order valence-corrected chi connectivity index (χ1v) is 5.04. The van der Waals surface area contributed by atoms with Crippen LogP contribution >= 0.6 is 0 Å². The molecule has 1 rings (SSSR count). The lowest BCUT2D eigenvalue weighted by Crippen LogP contribution is -2.57. The Balaban J connectivity index is 0.000000561. The van der Waals surface area contributed by atoms with Gasteiger partial charge in [0.2, 0.25) is 0 Å². The average Bonchev–Trinajstić information content (AvgIpc) is 2.01. The van der Waals surface area contributed by atoms with Crippen molar-refractivity contribution in [3.05, 3.63) is 0 Å². The Morgan fingerprint density at radius 1 is 1.25 bits per heavy atom. The first-order chi connectivity index (χ1) is 5.68. The molecule has 0 spiro atoms. The van der Waals surface area contributed by atoms with Gasteiger partial charge in [-0.05, 0) is 20.5 Å². The zero-order valence-electron chi connectivity index (χ0n) is 9.28. The van der Waals surface area contributed by atoms with Gasteiger partial charge < -0.3 is 10.2 Å². The summed E-state index contributed by atoms with van der Waals surface area (Å²) in [5.41, 5.74) is 0.601. The normalized spacial score (nSPS) is 19.5. The van der Waals surface area contributed by atoms with Crippen LogP contribution in [0.5, 0.6) is 0 Å². The van der Waals surface area contributed by atoms with Gasteiger partial charge in [0, 0.05) is 25.0 Å². The highest BCUT2D eigenvalue weighted by Crippen LogP contribution is 2.26. The van der Waals surface area contributed by atoms with Gasteiger partial charge in [-0.3, -0.25) is 0 Å². The van der Waals surface area contributed by atoms with Crippen LogP contribution in [-0.4, -0.2) is 38.6 Å². The van der Waals surface area contributed by atoms with E-state index in [0.29, 0.717) is 5.41 Å². The minimum Gasteiger partial charge on any atom is -0.315 e. The number of nitrogens with zero attached hydrogens (tertiary/aromatic N) is 1. The van der Waals surface area contributed by atoms with Gasteiger partial charge in [0.15, 0.2) is 0 Å². The molecule has 1 aliphatic rings. The summed E-state index contributed by atoms with van der Waals surface area (Å²) in [6, 6.07) is 0. The lowest BCUT2D eigenvalue weighted by Gasteiger charge is -2.43. The molecule has 0 aromatic carbocycles. The molecule has 0 saturated carbocycles. The van der Waals surface area contributed by atoms with E-state index in [1.807, 2.05) is 13.8 Å². The second-order valence-corrected chi connectivity index (χ2v) is 3.69. The molecule has 0 aromatic heterocycles. The predicted molar refractivity (Wildman–Crippen MR) is 55.5 cm³/mol. The highest BCUT2D eigenvalue weighted by molar-refractivity contribution is 4.92. The zero-order chi connectivity index (χ0) is 9.61. The van der Waals surface area contributed by atoms with Crippen molar-refractivity contribution in [2.45, 2.75) is 27.2 Å². The average molecular weight is 172 g/mol. The molecule has 2 nitrogen and oxygen atoms in total. The van der Waals surface area contributed by atoms with Crippen molar-refractivity contribution in [3.8, 4) is 0 Å². The van der Waals surface area contributed by atoms with E-state index in [9.17, 15) is 0 Å². The molecule has 1 aliphatic heterocycles. The highest BCUT2D eigenvalue weighted by atomic mass is 15.1. The molecule has 0 bridgehead atoms. The molecular formula is C10H24N2. The topological polar surface area (TPSA) is 15.3 Å². The Kier molecular flexibility index (Phi) is 5.51. The molecule has 0 amide bonds. The van der Waals surface area contributed by atoms with Crippen molar-refractivity contribution in [3.63, 3.8) is 0 Å². The van der Waals surface area contributed by atoms with E-state index in [4.69, 9.17) is 0 Å². The molecule has 2 heteroatoms. The van der Waals surface area contributed by atoms with Crippen molar-refractivity contribution in [1.82, 2.24) is 10.2 Å².